The van der Waals surface area contributed by atoms with Crippen molar-refractivity contribution in [1.82, 2.24) is 4.98 Å². The predicted octanol–water partition coefficient (Wildman–Crippen LogP) is 2.61. The Labute approximate surface area is 116 Å². The Hall–Kier alpha value is -2.14. The van der Waals surface area contributed by atoms with E-state index in [1.165, 1.54) is 12.1 Å². The molecular formula is C15H16FNO3. The van der Waals surface area contributed by atoms with Crippen molar-refractivity contribution < 1.29 is 19.0 Å². The SMILES string of the molecule is COc1cc(C)nc(COc2c(F)cccc2CO)c1. The highest BCUT2D eigenvalue weighted by atomic mass is 19.1. The van der Waals surface area contributed by atoms with E-state index >= 15 is 0 Å². The topological polar surface area (TPSA) is 51.6 Å². The lowest BCUT2D eigenvalue weighted by molar-refractivity contribution is 0.249. The highest BCUT2D eigenvalue weighted by Crippen LogP contribution is 2.24. The van der Waals surface area contributed by atoms with E-state index < -0.39 is 5.82 Å². The maximum absolute atomic E-state index is 13.7. The number of benzene rings is 1. The molecule has 0 radical (unpaired) electrons. The predicted molar refractivity (Wildman–Crippen MR) is 72.2 cm³/mol. The van der Waals surface area contributed by atoms with Crippen molar-refractivity contribution in [2.45, 2.75) is 20.1 Å². The summed E-state index contributed by atoms with van der Waals surface area (Å²) in [5.74, 6) is 0.223. The second kappa shape index (κ2) is 6.34. The molecule has 20 heavy (non-hydrogen) atoms. The van der Waals surface area contributed by atoms with Crippen LogP contribution in [-0.2, 0) is 13.2 Å². The van der Waals surface area contributed by atoms with Crippen LogP contribution >= 0.6 is 0 Å². The summed E-state index contributed by atoms with van der Waals surface area (Å²) in [5.41, 5.74) is 1.83. The molecule has 1 heterocycles. The minimum absolute atomic E-state index is 0.0530. The zero-order valence-electron chi connectivity index (χ0n) is 11.4. The van der Waals surface area contributed by atoms with Gasteiger partial charge in [0.1, 0.15) is 12.4 Å². The van der Waals surface area contributed by atoms with Gasteiger partial charge in [0.2, 0.25) is 0 Å². The average molecular weight is 277 g/mol. The fraction of sp³-hybridized carbons (Fsp3) is 0.267. The molecule has 0 atom stereocenters. The molecule has 0 aliphatic rings. The van der Waals surface area contributed by atoms with Gasteiger partial charge in [-0.05, 0) is 13.0 Å². The number of halogens is 1. The van der Waals surface area contributed by atoms with Crippen LogP contribution in [0.15, 0.2) is 30.3 Å². The van der Waals surface area contributed by atoms with E-state index in [0.717, 1.165) is 5.69 Å². The molecule has 0 bridgehead atoms. The highest BCUT2D eigenvalue weighted by Gasteiger charge is 2.10. The van der Waals surface area contributed by atoms with E-state index in [9.17, 15) is 9.50 Å². The first-order chi connectivity index (χ1) is 9.63. The van der Waals surface area contributed by atoms with Gasteiger partial charge < -0.3 is 14.6 Å². The summed E-state index contributed by atoms with van der Waals surface area (Å²) >= 11 is 0. The number of aliphatic hydroxyl groups excluding tert-OH is 1. The van der Waals surface area contributed by atoms with Gasteiger partial charge >= 0.3 is 0 Å². The zero-order valence-corrected chi connectivity index (χ0v) is 11.4. The number of pyridine rings is 1. The molecule has 0 amide bonds. The largest absolute Gasteiger partial charge is 0.497 e. The summed E-state index contributed by atoms with van der Waals surface area (Å²) in [6, 6.07) is 7.96. The number of aromatic nitrogens is 1. The van der Waals surface area contributed by atoms with Crippen LogP contribution in [0.1, 0.15) is 17.0 Å². The van der Waals surface area contributed by atoms with Gasteiger partial charge in [0.05, 0.1) is 19.4 Å². The fourth-order valence-corrected chi connectivity index (χ4v) is 1.88. The third-order valence-corrected chi connectivity index (χ3v) is 2.80. The lowest BCUT2D eigenvalue weighted by atomic mass is 10.2. The first kappa shape index (κ1) is 14.3. The number of aryl methyl sites for hydroxylation is 1. The average Bonchev–Trinajstić information content (AvgIpc) is 2.45. The standard InChI is InChI=1S/C15H16FNO3/c1-10-6-13(19-2)7-12(17-10)9-20-15-11(8-18)4-3-5-14(15)16/h3-7,18H,8-9H2,1-2H3. The summed E-state index contributed by atoms with van der Waals surface area (Å²) in [7, 11) is 1.57. The molecule has 0 unspecified atom stereocenters. The van der Waals surface area contributed by atoms with Gasteiger partial charge in [-0.15, -0.1) is 0 Å². The molecule has 0 aliphatic carbocycles. The van der Waals surface area contributed by atoms with Crippen LogP contribution in [-0.4, -0.2) is 17.2 Å². The quantitative estimate of drug-likeness (QED) is 0.912. The Kier molecular flexibility index (Phi) is 4.53. The highest BCUT2D eigenvalue weighted by molar-refractivity contribution is 5.35. The monoisotopic (exact) mass is 277 g/mol. The lowest BCUT2D eigenvalue weighted by Gasteiger charge is -2.11. The summed E-state index contributed by atoms with van der Waals surface area (Å²) in [6.45, 7) is 1.66. The second-order valence-corrected chi connectivity index (χ2v) is 4.31. The first-order valence-corrected chi connectivity index (χ1v) is 6.16. The zero-order chi connectivity index (χ0) is 14.5. The Morgan fingerprint density at radius 2 is 2.10 bits per heavy atom. The fourth-order valence-electron chi connectivity index (χ4n) is 1.88. The summed E-state index contributed by atoms with van der Waals surface area (Å²) in [6.07, 6.45) is 0. The van der Waals surface area contributed by atoms with Gasteiger partial charge in [0.25, 0.3) is 0 Å². The van der Waals surface area contributed by atoms with E-state index in [1.54, 1.807) is 25.3 Å². The number of methoxy groups -OCH3 is 1. The van der Waals surface area contributed by atoms with Crippen LogP contribution in [0, 0.1) is 12.7 Å². The van der Waals surface area contributed by atoms with Crippen molar-refractivity contribution in [2.24, 2.45) is 0 Å². The Morgan fingerprint density at radius 3 is 2.80 bits per heavy atom. The summed E-state index contributed by atoms with van der Waals surface area (Å²) < 4.78 is 24.3. The van der Waals surface area contributed by atoms with Crippen molar-refractivity contribution in [3.8, 4) is 11.5 Å². The first-order valence-electron chi connectivity index (χ1n) is 6.16. The molecule has 0 fully saturated rings. The molecule has 2 rings (SSSR count). The van der Waals surface area contributed by atoms with Gasteiger partial charge in [0.15, 0.2) is 11.6 Å². The summed E-state index contributed by atoms with van der Waals surface area (Å²) in [5, 5.41) is 9.18. The summed E-state index contributed by atoms with van der Waals surface area (Å²) in [4.78, 5) is 4.29. The van der Waals surface area contributed by atoms with Crippen molar-refractivity contribution >= 4 is 0 Å². The smallest absolute Gasteiger partial charge is 0.165 e. The van der Waals surface area contributed by atoms with Crippen molar-refractivity contribution in [3.63, 3.8) is 0 Å². The normalized spacial score (nSPS) is 10.4. The third-order valence-electron chi connectivity index (χ3n) is 2.80. The molecule has 1 aromatic carbocycles. The number of ether oxygens (including phenoxy) is 2. The van der Waals surface area contributed by atoms with E-state index in [-0.39, 0.29) is 19.0 Å². The molecule has 106 valence electrons. The maximum atomic E-state index is 13.7. The number of nitrogens with zero attached hydrogens (tertiary/aromatic N) is 1. The number of aliphatic hydroxyl groups is 1. The van der Waals surface area contributed by atoms with Crippen LogP contribution < -0.4 is 9.47 Å². The van der Waals surface area contributed by atoms with E-state index in [1.807, 2.05) is 6.92 Å². The minimum Gasteiger partial charge on any atom is -0.497 e. The van der Waals surface area contributed by atoms with Gasteiger partial charge in [-0.2, -0.15) is 0 Å². The van der Waals surface area contributed by atoms with Crippen LogP contribution in [0.2, 0.25) is 0 Å². The molecule has 0 saturated heterocycles. The van der Waals surface area contributed by atoms with Crippen LogP contribution in [0.3, 0.4) is 0 Å². The number of rotatable bonds is 5. The molecule has 0 spiro atoms. The molecule has 1 aromatic heterocycles. The molecule has 5 heteroatoms. The molecular weight excluding hydrogens is 261 g/mol. The molecule has 0 saturated carbocycles. The number of para-hydroxylation sites is 1. The van der Waals surface area contributed by atoms with Crippen LogP contribution in [0.25, 0.3) is 0 Å². The maximum Gasteiger partial charge on any atom is 0.165 e. The lowest BCUT2D eigenvalue weighted by Crippen LogP contribution is -2.04. The van der Waals surface area contributed by atoms with E-state index in [4.69, 9.17) is 9.47 Å². The van der Waals surface area contributed by atoms with Crippen molar-refractivity contribution in [1.29, 1.82) is 0 Å². The van der Waals surface area contributed by atoms with Crippen molar-refractivity contribution in [2.75, 3.05) is 7.11 Å². The molecule has 2 aromatic rings. The molecule has 0 aliphatic heterocycles. The van der Waals surface area contributed by atoms with Gasteiger partial charge in [-0.1, -0.05) is 12.1 Å². The van der Waals surface area contributed by atoms with Crippen molar-refractivity contribution in [3.05, 3.63) is 53.1 Å². The number of hydrogen-bond donors (Lipinski definition) is 1. The Bertz CT molecular complexity index is 602. The molecule has 4 nitrogen and oxygen atoms in total. The van der Waals surface area contributed by atoms with Crippen LogP contribution in [0.5, 0.6) is 11.5 Å². The van der Waals surface area contributed by atoms with Gasteiger partial charge in [-0.25, -0.2) is 4.39 Å². The molecule has 1 N–H and O–H groups in total. The van der Waals surface area contributed by atoms with Crippen LogP contribution in [0.4, 0.5) is 4.39 Å². The van der Waals surface area contributed by atoms with Gasteiger partial charge in [0, 0.05) is 23.4 Å². The minimum atomic E-state index is -0.504. The number of hydrogen-bond acceptors (Lipinski definition) is 4. The van der Waals surface area contributed by atoms with Gasteiger partial charge in [-0.3, -0.25) is 4.98 Å². The second-order valence-electron chi connectivity index (χ2n) is 4.31. The third kappa shape index (κ3) is 3.24. The van der Waals surface area contributed by atoms with E-state index in [2.05, 4.69) is 4.98 Å². The Balaban J connectivity index is 2.19. The van der Waals surface area contributed by atoms with E-state index in [0.29, 0.717) is 17.0 Å². The Morgan fingerprint density at radius 1 is 1.30 bits per heavy atom.